The van der Waals surface area contributed by atoms with Crippen molar-refractivity contribution in [3.05, 3.63) is 76.5 Å². The van der Waals surface area contributed by atoms with Crippen LogP contribution in [0.15, 0.2) is 63.8 Å². The first-order chi connectivity index (χ1) is 14.1. The molecule has 2 heterocycles. The normalized spacial score (nSPS) is 15.3. The number of hydrogen-bond acceptors (Lipinski definition) is 5. The Kier molecular flexibility index (Phi) is 5.53. The summed E-state index contributed by atoms with van der Waals surface area (Å²) in [4.78, 5) is 26.5. The third kappa shape index (κ3) is 4.60. The molecule has 8 heteroatoms. The Bertz CT molecular complexity index is 1020. The van der Waals surface area contributed by atoms with Gasteiger partial charge in [0.15, 0.2) is 0 Å². The highest BCUT2D eigenvalue weighted by Gasteiger charge is 2.22. The van der Waals surface area contributed by atoms with Crippen molar-refractivity contribution in [1.29, 1.82) is 0 Å². The second-order valence-corrected chi connectivity index (χ2v) is 7.05. The van der Waals surface area contributed by atoms with Crippen LogP contribution in [-0.4, -0.2) is 39.7 Å². The van der Waals surface area contributed by atoms with E-state index in [2.05, 4.69) is 15.3 Å². The molecule has 29 heavy (non-hydrogen) atoms. The van der Waals surface area contributed by atoms with E-state index < -0.39 is 5.76 Å². The molecule has 1 amide bonds. The minimum absolute atomic E-state index is 0.0688. The maximum absolute atomic E-state index is 13.1. The standard InChI is InChI=1S/C21H21FN4O3/c22-17-8-6-16(7-9-17)20-24-26(21(28)29-20)14-25-12-10-18(11-13-25)23-19(27)15-4-2-1-3-5-15/h1-9,18H,10-14H2,(H,23,27). The van der Waals surface area contributed by atoms with Gasteiger partial charge in [-0.3, -0.25) is 9.69 Å². The topological polar surface area (TPSA) is 80.4 Å². The number of likely N-dealkylation sites (tertiary alicyclic amines) is 1. The number of nitrogens with one attached hydrogen (secondary N) is 1. The van der Waals surface area contributed by atoms with Crippen molar-refractivity contribution in [2.24, 2.45) is 0 Å². The van der Waals surface area contributed by atoms with E-state index >= 15 is 0 Å². The van der Waals surface area contributed by atoms with Crippen LogP contribution in [0.1, 0.15) is 23.2 Å². The molecular weight excluding hydrogens is 375 g/mol. The third-order valence-corrected chi connectivity index (χ3v) is 4.99. The van der Waals surface area contributed by atoms with Crippen molar-refractivity contribution in [3.63, 3.8) is 0 Å². The van der Waals surface area contributed by atoms with E-state index in [0.717, 1.165) is 25.9 Å². The number of carbonyl (C=O) groups excluding carboxylic acids is 1. The van der Waals surface area contributed by atoms with Gasteiger partial charge in [0.25, 0.3) is 5.91 Å². The quantitative estimate of drug-likeness (QED) is 0.717. The van der Waals surface area contributed by atoms with Crippen molar-refractivity contribution >= 4 is 5.91 Å². The third-order valence-electron chi connectivity index (χ3n) is 4.99. The molecule has 0 atom stereocenters. The van der Waals surface area contributed by atoms with Gasteiger partial charge >= 0.3 is 5.76 Å². The van der Waals surface area contributed by atoms with Crippen LogP contribution in [0.2, 0.25) is 0 Å². The van der Waals surface area contributed by atoms with Gasteiger partial charge in [0.05, 0.1) is 0 Å². The van der Waals surface area contributed by atoms with E-state index in [4.69, 9.17) is 4.42 Å². The Labute approximate surface area is 166 Å². The van der Waals surface area contributed by atoms with Gasteiger partial charge < -0.3 is 9.73 Å². The van der Waals surface area contributed by atoms with Crippen molar-refractivity contribution in [2.75, 3.05) is 13.1 Å². The summed E-state index contributed by atoms with van der Waals surface area (Å²) in [6.07, 6.45) is 1.58. The molecular formula is C21H21FN4O3. The van der Waals surface area contributed by atoms with Crippen molar-refractivity contribution in [1.82, 2.24) is 20.0 Å². The molecule has 1 fully saturated rings. The molecule has 7 nitrogen and oxygen atoms in total. The molecule has 3 aromatic rings. The van der Waals surface area contributed by atoms with E-state index in [1.54, 1.807) is 12.1 Å². The summed E-state index contributed by atoms with van der Waals surface area (Å²) < 4.78 is 19.5. The average Bonchev–Trinajstić information content (AvgIpc) is 3.11. The molecule has 150 valence electrons. The number of rotatable bonds is 5. The number of amides is 1. The minimum Gasteiger partial charge on any atom is -0.388 e. The number of carbonyl (C=O) groups is 1. The summed E-state index contributed by atoms with van der Waals surface area (Å²) in [6, 6.07) is 14.9. The first kappa shape index (κ1) is 19.1. The lowest BCUT2D eigenvalue weighted by atomic mass is 10.0. The number of piperidine rings is 1. The predicted octanol–water partition coefficient (Wildman–Crippen LogP) is 2.49. The van der Waals surface area contributed by atoms with Crippen LogP contribution in [0.4, 0.5) is 4.39 Å². The SMILES string of the molecule is O=C(NC1CCN(Cn2nc(-c3ccc(F)cc3)oc2=O)CC1)c1ccccc1. The van der Waals surface area contributed by atoms with Crippen LogP contribution in [0.5, 0.6) is 0 Å². The molecule has 0 radical (unpaired) electrons. The molecule has 1 N–H and O–H groups in total. The summed E-state index contributed by atoms with van der Waals surface area (Å²) in [5, 5.41) is 7.28. The zero-order chi connectivity index (χ0) is 20.2. The highest BCUT2D eigenvalue weighted by atomic mass is 19.1. The largest absolute Gasteiger partial charge is 0.438 e. The second-order valence-electron chi connectivity index (χ2n) is 7.05. The number of benzene rings is 2. The Hall–Kier alpha value is -3.26. The summed E-state index contributed by atoms with van der Waals surface area (Å²) in [5.74, 6) is -0.817. The molecule has 0 unspecified atom stereocenters. The molecule has 0 bridgehead atoms. The van der Waals surface area contributed by atoms with Gasteiger partial charge in [-0.15, -0.1) is 5.10 Å². The molecule has 1 aromatic heterocycles. The van der Waals surface area contributed by atoms with Crippen LogP contribution in [0.25, 0.3) is 11.5 Å². The van der Waals surface area contributed by atoms with E-state index in [0.29, 0.717) is 17.8 Å². The van der Waals surface area contributed by atoms with E-state index in [1.807, 2.05) is 18.2 Å². The zero-order valence-corrected chi connectivity index (χ0v) is 15.8. The van der Waals surface area contributed by atoms with Gasteiger partial charge in [0, 0.05) is 30.3 Å². The summed E-state index contributed by atoms with van der Waals surface area (Å²) in [7, 11) is 0. The smallest absolute Gasteiger partial charge is 0.388 e. The summed E-state index contributed by atoms with van der Waals surface area (Å²) in [6.45, 7) is 1.76. The van der Waals surface area contributed by atoms with E-state index in [9.17, 15) is 14.0 Å². The molecule has 2 aromatic carbocycles. The molecule has 1 aliphatic rings. The van der Waals surface area contributed by atoms with Gasteiger partial charge in [-0.1, -0.05) is 18.2 Å². The highest BCUT2D eigenvalue weighted by molar-refractivity contribution is 5.94. The molecule has 4 rings (SSSR count). The molecule has 0 spiro atoms. The molecule has 0 saturated carbocycles. The highest BCUT2D eigenvalue weighted by Crippen LogP contribution is 2.16. The lowest BCUT2D eigenvalue weighted by molar-refractivity contribution is 0.0894. The fourth-order valence-corrected chi connectivity index (χ4v) is 3.37. The Morgan fingerprint density at radius 2 is 1.79 bits per heavy atom. The molecule has 1 saturated heterocycles. The molecule has 0 aliphatic carbocycles. The Morgan fingerprint density at radius 3 is 2.48 bits per heavy atom. The monoisotopic (exact) mass is 396 g/mol. The minimum atomic E-state index is -0.552. The number of hydrogen-bond donors (Lipinski definition) is 1. The van der Waals surface area contributed by atoms with Crippen molar-refractivity contribution in [2.45, 2.75) is 25.6 Å². The van der Waals surface area contributed by atoms with Crippen LogP contribution in [0.3, 0.4) is 0 Å². The number of aromatic nitrogens is 2. The summed E-state index contributed by atoms with van der Waals surface area (Å²) >= 11 is 0. The second kappa shape index (κ2) is 8.40. The number of nitrogens with zero attached hydrogens (tertiary/aromatic N) is 3. The first-order valence-electron chi connectivity index (χ1n) is 9.50. The van der Waals surface area contributed by atoms with Gasteiger partial charge in [-0.2, -0.15) is 4.68 Å². The van der Waals surface area contributed by atoms with Crippen LogP contribution in [-0.2, 0) is 6.67 Å². The predicted molar refractivity (Wildman–Crippen MR) is 105 cm³/mol. The fourth-order valence-electron chi connectivity index (χ4n) is 3.37. The lowest BCUT2D eigenvalue weighted by Crippen LogP contribution is -2.45. The van der Waals surface area contributed by atoms with Crippen molar-refractivity contribution < 1.29 is 13.6 Å². The fraction of sp³-hybridized carbons (Fsp3) is 0.286. The lowest BCUT2D eigenvalue weighted by Gasteiger charge is -2.31. The Balaban J connectivity index is 1.32. The van der Waals surface area contributed by atoms with Gasteiger partial charge in [0.2, 0.25) is 5.89 Å². The molecule has 1 aliphatic heterocycles. The zero-order valence-electron chi connectivity index (χ0n) is 15.8. The number of halogens is 1. The van der Waals surface area contributed by atoms with Crippen LogP contribution in [0, 0.1) is 5.82 Å². The van der Waals surface area contributed by atoms with Crippen LogP contribution >= 0.6 is 0 Å². The van der Waals surface area contributed by atoms with Gasteiger partial charge in [-0.05, 0) is 49.2 Å². The van der Waals surface area contributed by atoms with E-state index in [-0.39, 0.29) is 23.7 Å². The van der Waals surface area contributed by atoms with Gasteiger partial charge in [0.1, 0.15) is 12.5 Å². The maximum atomic E-state index is 13.1. The van der Waals surface area contributed by atoms with E-state index in [1.165, 1.54) is 28.9 Å². The summed E-state index contributed by atoms with van der Waals surface area (Å²) in [5.41, 5.74) is 1.20. The van der Waals surface area contributed by atoms with Gasteiger partial charge in [-0.25, -0.2) is 9.18 Å². The first-order valence-corrected chi connectivity index (χ1v) is 9.50. The van der Waals surface area contributed by atoms with Crippen molar-refractivity contribution in [3.8, 4) is 11.5 Å². The maximum Gasteiger partial charge on any atom is 0.438 e. The Morgan fingerprint density at radius 1 is 1.10 bits per heavy atom. The average molecular weight is 396 g/mol. The van der Waals surface area contributed by atoms with Crippen LogP contribution < -0.4 is 11.1 Å².